The van der Waals surface area contributed by atoms with Crippen molar-refractivity contribution >= 4 is 50.7 Å². The first-order chi connectivity index (χ1) is 19.0. The SMILES string of the molecule is CCNC(=O)[C@@H](C)N(Cc1ccc(Cl)c(Cl)c1)C(=O)CN(c1cc(OC)ccc1OC)S(=O)(=O)c1ccccc1. The number of ether oxygens (including phenoxy) is 2. The van der Waals surface area contributed by atoms with Gasteiger partial charge in [0.05, 0.1) is 34.8 Å². The van der Waals surface area contributed by atoms with Crippen LogP contribution in [0.15, 0.2) is 71.6 Å². The summed E-state index contributed by atoms with van der Waals surface area (Å²) in [5, 5.41) is 3.34. The van der Waals surface area contributed by atoms with Crippen LogP contribution < -0.4 is 19.1 Å². The molecule has 3 rings (SSSR count). The van der Waals surface area contributed by atoms with Gasteiger partial charge >= 0.3 is 0 Å². The second kappa shape index (κ2) is 13.7. The average Bonchev–Trinajstić information content (AvgIpc) is 2.96. The Kier molecular flexibility index (Phi) is 10.7. The Hall–Kier alpha value is -3.47. The zero-order valence-corrected chi connectivity index (χ0v) is 24.9. The van der Waals surface area contributed by atoms with Crippen molar-refractivity contribution in [2.45, 2.75) is 31.3 Å². The molecule has 0 aliphatic carbocycles. The molecule has 3 aromatic carbocycles. The van der Waals surface area contributed by atoms with E-state index in [0.717, 1.165) is 4.31 Å². The molecule has 12 heteroatoms. The van der Waals surface area contributed by atoms with E-state index in [-0.39, 0.29) is 27.9 Å². The number of likely N-dealkylation sites (N-methyl/N-ethyl adjacent to an activating group) is 1. The van der Waals surface area contributed by atoms with Gasteiger partial charge in [0.1, 0.15) is 24.1 Å². The molecule has 0 aliphatic rings. The first-order valence-electron chi connectivity index (χ1n) is 12.3. The van der Waals surface area contributed by atoms with Crippen molar-refractivity contribution in [2.75, 3.05) is 31.6 Å². The standard InChI is InChI=1S/C28H31Cl2N3O6S/c1-5-31-28(35)19(2)32(17-20-11-13-23(29)24(30)15-20)27(34)18-33(40(36,37)22-9-7-6-8-10-22)25-16-21(38-3)12-14-26(25)39-4/h6-16,19H,5,17-18H2,1-4H3,(H,31,35)/t19-/m1/s1. The van der Waals surface area contributed by atoms with Gasteiger partial charge in [0.25, 0.3) is 10.0 Å². The van der Waals surface area contributed by atoms with Gasteiger partial charge < -0.3 is 19.7 Å². The maximum Gasteiger partial charge on any atom is 0.264 e. The second-order valence-electron chi connectivity index (χ2n) is 8.70. The van der Waals surface area contributed by atoms with Gasteiger partial charge in [-0.2, -0.15) is 0 Å². The number of halogens is 2. The van der Waals surface area contributed by atoms with Crippen LogP contribution in [-0.2, 0) is 26.2 Å². The van der Waals surface area contributed by atoms with Crippen molar-refractivity contribution in [3.63, 3.8) is 0 Å². The van der Waals surface area contributed by atoms with E-state index in [1.807, 2.05) is 0 Å². The number of hydrogen-bond donors (Lipinski definition) is 1. The van der Waals surface area contributed by atoms with Crippen LogP contribution in [0.2, 0.25) is 10.0 Å². The summed E-state index contributed by atoms with van der Waals surface area (Å²) in [5.74, 6) is -0.456. The predicted octanol–water partition coefficient (Wildman–Crippen LogP) is 4.76. The number of rotatable bonds is 12. The third-order valence-electron chi connectivity index (χ3n) is 6.12. The van der Waals surface area contributed by atoms with Crippen LogP contribution in [-0.4, -0.2) is 58.5 Å². The highest BCUT2D eigenvalue weighted by atomic mass is 35.5. The number of nitrogens with one attached hydrogen (secondary N) is 1. The molecular weight excluding hydrogens is 577 g/mol. The average molecular weight is 609 g/mol. The molecule has 0 bridgehead atoms. The molecule has 0 radical (unpaired) electrons. The number of nitrogens with zero attached hydrogens (tertiary/aromatic N) is 2. The van der Waals surface area contributed by atoms with Gasteiger partial charge in [-0.1, -0.05) is 47.5 Å². The van der Waals surface area contributed by atoms with E-state index < -0.39 is 34.4 Å². The van der Waals surface area contributed by atoms with Gasteiger partial charge in [-0.25, -0.2) is 8.42 Å². The number of benzene rings is 3. The van der Waals surface area contributed by atoms with Crippen LogP contribution in [0.5, 0.6) is 11.5 Å². The summed E-state index contributed by atoms with van der Waals surface area (Å²) in [6.07, 6.45) is 0. The minimum Gasteiger partial charge on any atom is -0.497 e. The Morgan fingerprint density at radius 2 is 1.65 bits per heavy atom. The van der Waals surface area contributed by atoms with Crippen LogP contribution in [0.1, 0.15) is 19.4 Å². The molecule has 0 aliphatic heterocycles. The Morgan fingerprint density at radius 1 is 0.950 bits per heavy atom. The van der Waals surface area contributed by atoms with Gasteiger partial charge in [0.15, 0.2) is 0 Å². The van der Waals surface area contributed by atoms with E-state index in [1.54, 1.807) is 62.4 Å². The molecule has 0 fully saturated rings. The molecule has 0 unspecified atom stereocenters. The lowest BCUT2D eigenvalue weighted by molar-refractivity contribution is -0.139. The quantitative estimate of drug-likeness (QED) is 0.318. The number of sulfonamides is 1. The van der Waals surface area contributed by atoms with E-state index in [1.165, 1.54) is 37.3 Å². The lowest BCUT2D eigenvalue weighted by atomic mass is 10.1. The van der Waals surface area contributed by atoms with Gasteiger partial charge in [-0.05, 0) is 55.8 Å². The van der Waals surface area contributed by atoms with Gasteiger partial charge in [0.2, 0.25) is 11.8 Å². The van der Waals surface area contributed by atoms with Crippen molar-refractivity contribution in [2.24, 2.45) is 0 Å². The molecule has 0 aromatic heterocycles. The van der Waals surface area contributed by atoms with E-state index >= 15 is 0 Å². The van der Waals surface area contributed by atoms with Crippen LogP contribution in [0, 0.1) is 0 Å². The van der Waals surface area contributed by atoms with Gasteiger partial charge in [-0.15, -0.1) is 0 Å². The summed E-state index contributed by atoms with van der Waals surface area (Å²) in [6, 6.07) is 16.3. The van der Waals surface area contributed by atoms with Crippen LogP contribution >= 0.6 is 23.2 Å². The number of methoxy groups -OCH3 is 2. The minimum absolute atomic E-state index is 0.0253. The highest BCUT2D eigenvalue weighted by Gasteiger charge is 2.34. The first-order valence-corrected chi connectivity index (χ1v) is 14.5. The van der Waals surface area contributed by atoms with Crippen molar-refractivity contribution in [3.8, 4) is 11.5 Å². The van der Waals surface area contributed by atoms with Crippen LogP contribution in [0.25, 0.3) is 0 Å². The maximum atomic E-state index is 14.0. The largest absolute Gasteiger partial charge is 0.497 e. The molecule has 0 spiro atoms. The molecule has 2 amide bonds. The molecule has 9 nitrogen and oxygen atoms in total. The summed E-state index contributed by atoms with van der Waals surface area (Å²) in [4.78, 5) is 28.1. The fourth-order valence-electron chi connectivity index (χ4n) is 3.96. The molecule has 0 saturated heterocycles. The summed E-state index contributed by atoms with van der Waals surface area (Å²) < 4.78 is 39.6. The third-order valence-corrected chi connectivity index (χ3v) is 8.63. The molecule has 1 atom stereocenters. The summed E-state index contributed by atoms with van der Waals surface area (Å²) in [6.45, 7) is 3.03. The van der Waals surface area contributed by atoms with Crippen molar-refractivity contribution in [3.05, 3.63) is 82.3 Å². The van der Waals surface area contributed by atoms with Crippen molar-refractivity contribution < 1.29 is 27.5 Å². The van der Waals surface area contributed by atoms with Crippen molar-refractivity contribution in [1.82, 2.24) is 10.2 Å². The Bertz CT molecular complexity index is 1450. The number of hydrogen-bond acceptors (Lipinski definition) is 6. The highest BCUT2D eigenvalue weighted by molar-refractivity contribution is 7.92. The third kappa shape index (κ3) is 7.18. The number of carbonyl (C=O) groups is 2. The molecule has 3 aromatic rings. The molecule has 40 heavy (non-hydrogen) atoms. The van der Waals surface area contributed by atoms with Gasteiger partial charge in [0, 0.05) is 19.2 Å². The topological polar surface area (TPSA) is 105 Å². The van der Waals surface area contributed by atoms with Gasteiger partial charge in [-0.3, -0.25) is 13.9 Å². The fourth-order valence-corrected chi connectivity index (χ4v) is 5.72. The van der Waals surface area contributed by atoms with Crippen molar-refractivity contribution in [1.29, 1.82) is 0 Å². The Labute approximate surface area is 244 Å². The second-order valence-corrected chi connectivity index (χ2v) is 11.4. The van der Waals surface area contributed by atoms with E-state index in [0.29, 0.717) is 22.9 Å². The summed E-state index contributed by atoms with van der Waals surface area (Å²) in [5.41, 5.74) is 0.703. The zero-order chi connectivity index (χ0) is 29.4. The van der Waals surface area contributed by atoms with Crippen LogP contribution in [0.4, 0.5) is 5.69 Å². The molecule has 0 saturated carbocycles. The smallest absolute Gasteiger partial charge is 0.264 e. The van der Waals surface area contributed by atoms with Crippen LogP contribution in [0.3, 0.4) is 0 Å². The molecule has 1 N–H and O–H groups in total. The lowest BCUT2D eigenvalue weighted by Gasteiger charge is -2.32. The Balaban J connectivity index is 2.12. The fraction of sp³-hybridized carbons (Fsp3) is 0.286. The molecular formula is C28H31Cl2N3O6S. The molecule has 214 valence electrons. The normalized spacial score (nSPS) is 11.8. The Morgan fingerprint density at radius 3 is 2.25 bits per heavy atom. The lowest BCUT2D eigenvalue weighted by Crippen LogP contribution is -2.51. The number of carbonyl (C=O) groups excluding carboxylic acids is 2. The van der Waals surface area contributed by atoms with E-state index in [9.17, 15) is 18.0 Å². The first kappa shape index (κ1) is 31.1. The monoisotopic (exact) mass is 607 g/mol. The molecule has 0 heterocycles. The summed E-state index contributed by atoms with van der Waals surface area (Å²) >= 11 is 12.3. The maximum absolute atomic E-state index is 14.0. The van der Waals surface area contributed by atoms with E-state index in [4.69, 9.17) is 32.7 Å². The zero-order valence-electron chi connectivity index (χ0n) is 22.6. The summed E-state index contributed by atoms with van der Waals surface area (Å²) in [7, 11) is -1.43. The highest BCUT2D eigenvalue weighted by Crippen LogP contribution is 2.36. The predicted molar refractivity (Wildman–Crippen MR) is 156 cm³/mol. The van der Waals surface area contributed by atoms with E-state index in [2.05, 4.69) is 5.32 Å². The number of anilines is 1. The minimum atomic E-state index is -4.27. The number of amides is 2.